The van der Waals surface area contributed by atoms with Crippen LogP contribution in [-0.2, 0) is 4.74 Å². The SMILES string of the molecule is O=C(Nc1cccc2c1OCCO2)c1cccnc1N1CCOCC1. The van der Waals surface area contributed by atoms with Crippen LogP contribution in [0, 0.1) is 0 Å². The van der Waals surface area contributed by atoms with Crippen molar-refractivity contribution in [3.63, 3.8) is 0 Å². The third-order valence-electron chi connectivity index (χ3n) is 4.16. The van der Waals surface area contributed by atoms with Gasteiger partial charge in [0.1, 0.15) is 19.0 Å². The lowest BCUT2D eigenvalue weighted by Gasteiger charge is -2.29. The molecule has 25 heavy (non-hydrogen) atoms. The molecule has 0 bridgehead atoms. The maximum atomic E-state index is 12.9. The van der Waals surface area contributed by atoms with E-state index < -0.39 is 0 Å². The number of hydrogen-bond donors (Lipinski definition) is 1. The van der Waals surface area contributed by atoms with E-state index in [0.717, 1.165) is 13.1 Å². The summed E-state index contributed by atoms with van der Waals surface area (Å²) in [5.41, 5.74) is 1.12. The Morgan fingerprint density at radius 2 is 1.88 bits per heavy atom. The first-order chi connectivity index (χ1) is 12.3. The number of ether oxygens (including phenoxy) is 3. The average Bonchev–Trinajstić information content (AvgIpc) is 2.69. The van der Waals surface area contributed by atoms with Gasteiger partial charge >= 0.3 is 0 Å². The molecule has 2 aliphatic rings. The first kappa shape index (κ1) is 15.7. The van der Waals surface area contributed by atoms with Crippen LogP contribution >= 0.6 is 0 Å². The van der Waals surface area contributed by atoms with E-state index in [9.17, 15) is 4.79 Å². The molecule has 7 nitrogen and oxygen atoms in total. The molecule has 130 valence electrons. The normalized spacial score (nSPS) is 16.4. The van der Waals surface area contributed by atoms with Crippen LogP contribution in [0.5, 0.6) is 11.5 Å². The first-order valence-electron chi connectivity index (χ1n) is 8.30. The maximum absolute atomic E-state index is 12.9. The van der Waals surface area contributed by atoms with Crippen molar-refractivity contribution in [3.8, 4) is 11.5 Å². The van der Waals surface area contributed by atoms with Gasteiger partial charge in [-0.3, -0.25) is 4.79 Å². The number of aromatic nitrogens is 1. The summed E-state index contributed by atoms with van der Waals surface area (Å²) in [5.74, 6) is 1.66. The number of morpholine rings is 1. The van der Waals surface area contributed by atoms with Crippen molar-refractivity contribution in [2.75, 3.05) is 49.7 Å². The van der Waals surface area contributed by atoms with Crippen LogP contribution in [-0.4, -0.2) is 50.4 Å². The van der Waals surface area contributed by atoms with Gasteiger partial charge < -0.3 is 24.4 Å². The number of rotatable bonds is 3. The standard InChI is InChI=1S/C18H19N3O4/c22-18(20-14-4-1-5-15-16(14)25-12-11-24-15)13-3-2-6-19-17(13)21-7-9-23-10-8-21/h1-6H,7-12H2,(H,20,22). The van der Waals surface area contributed by atoms with E-state index in [1.54, 1.807) is 24.4 Å². The molecule has 0 saturated carbocycles. The van der Waals surface area contributed by atoms with Crippen LogP contribution in [0.4, 0.5) is 11.5 Å². The lowest BCUT2D eigenvalue weighted by Crippen LogP contribution is -2.38. The summed E-state index contributed by atoms with van der Waals surface area (Å²) < 4.78 is 16.6. The number of carbonyl (C=O) groups excluding carboxylic acids is 1. The number of para-hydroxylation sites is 1. The number of hydrogen-bond acceptors (Lipinski definition) is 6. The summed E-state index contributed by atoms with van der Waals surface area (Å²) >= 11 is 0. The quantitative estimate of drug-likeness (QED) is 0.920. The molecule has 0 atom stereocenters. The summed E-state index contributed by atoms with van der Waals surface area (Å²) in [7, 11) is 0. The molecule has 3 heterocycles. The van der Waals surface area contributed by atoms with E-state index in [1.807, 2.05) is 12.1 Å². The highest BCUT2D eigenvalue weighted by molar-refractivity contribution is 6.08. The molecule has 4 rings (SSSR count). The molecule has 1 amide bonds. The van der Waals surface area contributed by atoms with E-state index in [-0.39, 0.29) is 5.91 Å². The highest BCUT2D eigenvalue weighted by atomic mass is 16.6. The number of anilines is 2. The Kier molecular flexibility index (Phi) is 4.39. The Hall–Kier alpha value is -2.80. The van der Waals surface area contributed by atoms with E-state index in [2.05, 4.69) is 15.2 Å². The fourth-order valence-electron chi connectivity index (χ4n) is 2.96. The number of amides is 1. The molecular weight excluding hydrogens is 322 g/mol. The molecule has 0 unspecified atom stereocenters. The van der Waals surface area contributed by atoms with Crippen molar-refractivity contribution in [1.29, 1.82) is 0 Å². The van der Waals surface area contributed by atoms with Crippen LogP contribution in [0.15, 0.2) is 36.5 Å². The highest BCUT2D eigenvalue weighted by Crippen LogP contribution is 2.37. The molecule has 0 spiro atoms. The molecule has 1 aromatic carbocycles. The van der Waals surface area contributed by atoms with Crippen LogP contribution < -0.4 is 19.7 Å². The molecule has 2 aliphatic heterocycles. The fraction of sp³-hybridized carbons (Fsp3) is 0.333. The highest BCUT2D eigenvalue weighted by Gasteiger charge is 2.22. The molecule has 7 heteroatoms. The zero-order valence-electron chi connectivity index (χ0n) is 13.7. The van der Waals surface area contributed by atoms with Crippen molar-refractivity contribution in [2.45, 2.75) is 0 Å². The second kappa shape index (κ2) is 6.98. The molecule has 1 fully saturated rings. The zero-order chi connectivity index (χ0) is 17.1. The topological polar surface area (TPSA) is 72.9 Å². The number of carbonyl (C=O) groups is 1. The van der Waals surface area contributed by atoms with Crippen LogP contribution in [0.1, 0.15) is 10.4 Å². The Morgan fingerprint density at radius 1 is 1.04 bits per heavy atom. The summed E-state index contributed by atoms with van der Waals surface area (Å²) in [6.07, 6.45) is 1.70. The number of nitrogens with zero attached hydrogens (tertiary/aromatic N) is 2. The van der Waals surface area contributed by atoms with Gasteiger partial charge in [-0.15, -0.1) is 0 Å². The van der Waals surface area contributed by atoms with Gasteiger partial charge in [-0.05, 0) is 24.3 Å². The Labute approximate surface area is 145 Å². The third kappa shape index (κ3) is 3.23. The number of pyridine rings is 1. The van der Waals surface area contributed by atoms with Crippen LogP contribution in [0.3, 0.4) is 0 Å². The van der Waals surface area contributed by atoms with Crippen molar-refractivity contribution in [3.05, 3.63) is 42.1 Å². The minimum Gasteiger partial charge on any atom is -0.486 e. The smallest absolute Gasteiger partial charge is 0.259 e. The van der Waals surface area contributed by atoms with Crippen LogP contribution in [0.2, 0.25) is 0 Å². The zero-order valence-corrected chi connectivity index (χ0v) is 13.7. The number of benzene rings is 1. The predicted molar refractivity (Wildman–Crippen MR) is 92.7 cm³/mol. The van der Waals surface area contributed by atoms with Gasteiger partial charge in [-0.1, -0.05) is 6.07 Å². The van der Waals surface area contributed by atoms with E-state index in [4.69, 9.17) is 14.2 Å². The van der Waals surface area contributed by atoms with Gasteiger partial charge in [0.15, 0.2) is 11.5 Å². The predicted octanol–water partition coefficient (Wildman–Crippen LogP) is 1.94. The van der Waals surface area contributed by atoms with Gasteiger partial charge in [0, 0.05) is 19.3 Å². The average molecular weight is 341 g/mol. The minimum atomic E-state index is -0.225. The maximum Gasteiger partial charge on any atom is 0.259 e. The van der Waals surface area contributed by atoms with Crippen molar-refractivity contribution >= 4 is 17.4 Å². The minimum absolute atomic E-state index is 0.225. The molecular formula is C18H19N3O4. The van der Waals surface area contributed by atoms with Gasteiger partial charge in [-0.25, -0.2) is 4.98 Å². The van der Waals surface area contributed by atoms with Gasteiger partial charge in [0.25, 0.3) is 5.91 Å². The molecule has 1 N–H and O–H groups in total. The summed E-state index contributed by atoms with van der Waals surface area (Å²) in [5, 5.41) is 2.92. The van der Waals surface area contributed by atoms with Crippen molar-refractivity contribution in [2.24, 2.45) is 0 Å². The Bertz CT molecular complexity index is 775. The molecule has 1 saturated heterocycles. The van der Waals surface area contributed by atoms with Gasteiger partial charge in [-0.2, -0.15) is 0 Å². The monoisotopic (exact) mass is 341 g/mol. The summed E-state index contributed by atoms with van der Waals surface area (Å²) in [4.78, 5) is 19.3. The fourth-order valence-corrected chi connectivity index (χ4v) is 2.96. The molecule has 0 aliphatic carbocycles. The Morgan fingerprint density at radius 3 is 2.76 bits per heavy atom. The van der Waals surface area contributed by atoms with E-state index in [1.165, 1.54) is 0 Å². The molecule has 0 radical (unpaired) electrons. The third-order valence-corrected chi connectivity index (χ3v) is 4.16. The second-order valence-corrected chi connectivity index (χ2v) is 5.76. The second-order valence-electron chi connectivity index (χ2n) is 5.76. The molecule has 1 aromatic heterocycles. The largest absolute Gasteiger partial charge is 0.486 e. The number of nitrogens with one attached hydrogen (secondary N) is 1. The Balaban J connectivity index is 1.60. The summed E-state index contributed by atoms with van der Waals surface area (Å²) in [6, 6.07) is 9.00. The number of fused-ring (bicyclic) bond motifs is 1. The van der Waals surface area contributed by atoms with Crippen molar-refractivity contribution < 1.29 is 19.0 Å². The lowest BCUT2D eigenvalue weighted by molar-refractivity contribution is 0.102. The van der Waals surface area contributed by atoms with E-state index in [0.29, 0.717) is 55.0 Å². The van der Waals surface area contributed by atoms with Gasteiger partial charge in [0.05, 0.1) is 24.5 Å². The first-order valence-corrected chi connectivity index (χ1v) is 8.30. The molecule has 2 aromatic rings. The van der Waals surface area contributed by atoms with E-state index >= 15 is 0 Å². The van der Waals surface area contributed by atoms with Crippen molar-refractivity contribution in [1.82, 2.24) is 4.98 Å². The van der Waals surface area contributed by atoms with Gasteiger partial charge in [0.2, 0.25) is 0 Å². The summed E-state index contributed by atoms with van der Waals surface area (Å²) in [6.45, 7) is 3.67. The lowest BCUT2D eigenvalue weighted by atomic mass is 10.2. The van der Waals surface area contributed by atoms with Crippen LogP contribution in [0.25, 0.3) is 0 Å².